The molecule has 102 valence electrons. The Bertz CT molecular complexity index is 551. The van der Waals surface area contributed by atoms with Crippen molar-refractivity contribution in [2.24, 2.45) is 12.8 Å². The van der Waals surface area contributed by atoms with E-state index < -0.39 is 0 Å². The van der Waals surface area contributed by atoms with Gasteiger partial charge in [0, 0.05) is 43.0 Å². The molecule has 0 saturated heterocycles. The normalized spacial score (nSPS) is 12.4. The molecular weight excluding hydrogens is 245 g/mol. The van der Waals surface area contributed by atoms with E-state index in [2.05, 4.69) is 5.10 Å². The first-order chi connectivity index (χ1) is 9.08. The number of ether oxygens (including phenoxy) is 1. The minimum Gasteiger partial charge on any atom is -0.493 e. The third-order valence-electron chi connectivity index (χ3n) is 3.01. The van der Waals surface area contributed by atoms with Crippen LogP contribution in [-0.2, 0) is 13.5 Å². The van der Waals surface area contributed by atoms with Gasteiger partial charge in [-0.3, -0.25) is 4.68 Å². The molecule has 0 radical (unpaired) electrons. The van der Waals surface area contributed by atoms with Gasteiger partial charge >= 0.3 is 0 Å². The third-order valence-corrected chi connectivity index (χ3v) is 3.01. The van der Waals surface area contributed by atoms with Crippen LogP contribution in [0.5, 0.6) is 5.75 Å². The van der Waals surface area contributed by atoms with Crippen LogP contribution < -0.4 is 10.5 Å². The molecule has 0 amide bonds. The van der Waals surface area contributed by atoms with E-state index in [1.807, 2.05) is 13.1 Å². The Hall–Kier alpha value is -1.88. The van der Waals surface area contributed by atoms with Crippen molar-refractivity contribution in [2.75, 3.05) is 6.61 Å². The Labute approximate surface area is 112 Å². The van der Waals surface area contributed by atoms with E-state index in [0.29, 0.717) is 17.9 Å². The summed E-state index contributed by atoms with van der Waals surface area (Å²) in [6.45, 7) is 2.23. The number of nitrogens with two attached hydrogens (primary N) is 1. The zero-order valence-electron chi connectivity index (χ0n) is 11.1. The van der Waals surface area contributed by atoms with Gasteiger partial charge in [0.25, 0.3) is 0 Å². The molecule has 0 saturated carbocycles. The average Bonchev–Trinajstić information content (AvgIpc) is 2.75. The maximum atomic E-state index is 13.7. The van der Waals surface area contributed by atoms with Crippen LogP contribution in [-0.4, -0.2) is 16.4 Å². The molecule has 2 N–H and O–H groups in total. The van der Waals surface area contributed by atoms with Crippen LogP contribution in [0.1, 0.15) is 24.2 Å². The lowest BCUT2D eigenvalue weighted by molar-refractivity contribution is 0.316. The van der Waals surface area contributed by atoms with Crippen molar-refractivity contribution < 1.29 is 9.13 Å². The fourth-order valence-corrected chi connectivity index (χ4v) is 1.89. The number of rotatable bonds is 5. The maximum absolute atomic E-state index is 13.7. The van der Waals surface area contributed by atoms with Gasteiger partial charge in [-0.1, -0.05) is 6.07 Å². The van der Waals surface area contributed by atoms with Crippen molar-refractivity contribution in [3.63, 3.8) is 0 Å². The molecule has 0 spiro atoms. The molecule has 19 heavy (non-hydrogen) atoms. The van der Waals surface area contributed by atoms with Gasteiger partial charge in [0.1, 0.15) is 11.6 Å². The number of aryl methyl sites for hydroxylation is 1. The second-order valence-electron chi connectivity index (χ2n) is 4.52. The van der Waals surface area contributed by atoms with E-state index in [1.54, 1.807) is 29.9 Å². The molecule has 2 aromatic rings. The second kappa shape index (κ2) is 5.84. The predicted octanol–water partition coefficient (Wildman–Crippen LogP) is 2.20. The summed E-state index contributed by atoms with van der Waals surface area (Å²) in [7, 11) is 1.88. The van der Waals surface area contributed by atoms with Crippen molar-refractivity contribution in [1.29, 1.82) is 0 Å². The zero-order chi connectivity index (χ0) is 13.8. The van der Waals surface area contributed by atoms with Gasteiger partial charge in [-0.15, -0.1) is 0 Å². The molecule has 4 nitrogen and oxygen atoms in total. The Morgan fingerprint density at radius 1 is 1.42 bits per heavy atom. The minimum atomic E-state index is -0.326. The van der Waals surface area contributed by atoms with Gasteiger partial charge in [0.15, 0.2) is 0 Å². The zero-order valence-corrected chi connectivity index (χ0v) is 11.1. The monoisotopic (exact) mass is 263 g/mol. The number of hydrogen-bond donors (Lipinski definition) is 1. The van der Waals surface area contributed by atoms with Gasteiger partial charge in [-0.25, -0.2) is 4.39 Å². The summed E-state index contributed by atoms with van der Waals surface area (Å²) in [5, 5.41) is 4.07. The lowest BCUT2D eigenvalue weighted by Gasteiger charge is -2.10. The number of aromatic nitrogens is 2. The summed E-state index contributed by atoms with van der Waals surface area (Å²) < 4.78 is 21.0. The highest BCUT2D eigenvalue weighted by molar-refractivity contribution is 5.30. The standard InChI is InChI=1S/C14H18FN3O/c1-10(16)13-4-3-12(9-14(13)15)19-8-6-11-5-7-17-18(11)2/h3-5,7,9-10H,6,8,16H2,1-2H3. The van der Waals surface area contributed by atoms with Crippen molar-refractivity contribution >= 4 is 0 Å². The fourth-order valence-electron chi connectivity index (χ4n) is 1.89. The smallest absolute Gasteiger partial charge is 0.131 e. The van der Waals surface area contributed by atoms with Crippen LogP contribution in [0.3, 0.4) is 0 Å². The SMILES string of the molecule is CC(N)c1ccc(OCCc2ccnn2C)cc1F. The molecule has 2 rings (SSSR count). The highest BCUT2D eigenvalue weighted by Gasteiger charge is 2.08. The molecule has 1 atom stereocenters. The van der Waals surface area contributed by atoms with Crippen LogP contribution in [0.2, 0.25) is 0 Å². The third kappa shape index (κ3) is 3.32. The van der Waals surface area contributed by atoms with E-state index in [0.717, 1.165) is 12.1 Å². The van der Waals surface area contributed by atoms with Crippen LogP contribution in [0.15, 0.2) is 30.5 Å². The van der Waals surface area contributed by atoms with Gasteiger partial charge < -0.3 is 10.5 Å². The minimum absolute atomic E-state index is 0.316. The first-order valence-electron chi connectivity index (χ1n) is 6.22. The van der Waals surface area contributed by atoms with Crippen molar-refractivity contribution in [1.82, 2.24) is 9.78 Å². The van der Waals surface area contributed by atoms with E-state index >= 15 is 0 Å². The molecule has 5 heteroatoms. The molecule has 0 aliphatic rings. The first-order valence-corrected chi connectivity index (χ1v) is 6.22. The van der Waals surface area contributed by atoms with Gasteiger partial charge in [-0.2, -0.15) is 5.10 Å². The number of benzene rings is 1. The summed E-state index contributed by atoms with van der Waals surface area (Å²) in [6, 6.07) is 6.40. The maximum Gasteiger partial charge on any atom is 0.131 e. The van der Waals surface area contributed by atoms with Crippen molar-refractivity contribution in [3.05, 3.63) is 47.5 Å². The summed E-state index contributed by atoms with van der Waals surface area (Å²) in [6.07, 6.45) is 2.47. The number of halogens is 1. The summed E-state index contributed by atoms with van der Waals surface area (Å²) >= 11 is 0. The Balaban J connectivity index is 1.93. The summed E-state index contributed by atoms with van der Waals surface area (Å²) in [4.78, 5) is 0. The van der Waals surface area contributed by atoms with Crippen LogP contribution in [0.4, 0.5) is 4.39 Å². The van der Waals surface area contributed by atoms with E-state index in [1.165, 1.54) is 6.07 Å². The van der Waals surface area contributed by atoms with E-state index in [9.17, 15) is 4.39 Å². The second-order valence-corrected chi connectivity index (χ2v) is 4.52. The van der Waals surface area contributed by atoms with Gasteiger partial charge in [0.05, 0.1) is 6.61 Å². The van der Waals surface area contributed by atoms with Gasteiger partial charge in [0.2, 0.25) is 0 Å². The molecule has 1 aromatic carbocycles. The van der Waals surface area contributed by atoms with E-state index in [-0.39, 0.29) is 11.9 Å². The quantitative estimate of drug-likeness (QED) is 0.899. The van der Waals surface area contributed by atoms with Gasteiger partial charge in [-0.05, 0) is 19.1 Å². The van der Waals surface area contributed by atoms with Crippen LogP contribution >= 0.6 is 0 Å². The molecular formula is C14H18FN3O. The van der Waals surface area contributed by atoms with Crippen LogP contribution in [0, 0.1) is 5.82 Å². The molecule has 0 aliphatic carbocycles. The molecule has 0 aliphatic heterocycles. The largest absolute Gasteiger partial charge is 0.493 e. The molecule has 1 heterocycles. The lowest BCUT2D eigenvalue weighted by Crippen LogP contribution is -2.09. The molecule has 1 aromatic heterocycles. The van der Waals surface area contributed by atoms with Crippen molar-refractivity contribution in [2.45, 2.75) is 19.4 Å². The fraction of sp³-hybridized carbons (Fsp3) is 0.357. The predicted molar refractivity (Wildman–Crippen MR) is 71.4 cm³/mol. The number of nitrogens with zero attached hydrogens (tertiary/aromatic N) is 2. The Morgan fingerprint density at radius 2 is 2.21 bits per heavy atom. The Kier molecular flexibility index (Phi) is 4.16. The van der Waals surface area contributed by atoms with Crippen LogP contribution in [0.25, 0.3) is 0 Å². The molecule has 0 fully saturated rings. The average molecular weight is 263 g/mol. The topological polar surface area (TPSA) is 53.1 Å². The molecule has 1 unspecified atom stereocenters. The molecule has 0 bridgehead atoms. The highest BCUT2D eigenvalue weighted by Crippen LogP contribution is 2.20. The number of hydrogen-bond acceptors (Lipinski definition) is 3. The lowest BCUT2D eigenvalue weighted by atomic mass is 10.1. The Morgan fingerprint density at radius 3 is 2.79 bits per heavy atom. The first kappa shape index (κ1) is 13.5. The van der Waals surface area contributed by atoms with E-state index in [4.69, 9.17) is 10.5 Å². The highest BCUT2D eigenvalue weighted by atomic mass is 19.1. The summed E-state index contributed by atoms with van der Waals surface area (Å²) in [5.74, 6) is 0.192. The summed E-state index contributed by atoms with van der Waals surface area (Å²) in [5.41, 5.74) is 7.23. The van der Waals surface area contributed by atoms with Crippen molar-refractivity contribution in [3.8, 4) is 5.75 Å².